The fraction of sp³-hybridized carbons (Fsp3) is 1.00. The SMILES string of the molecule is CCCCCCCCCCCCC(O)C(C)N(C)C. The highest BCUT2D eigenvalue weighted by Gasteiger charge is 2.14. The number of likely N-dealkylation sites (N-methyl/N-ethyl adjacent to an activating group) is 1. The van der Waals surface area contributed by atoms with E-state index in [9.17, 15) is 5.11 Å². The Labute approximate surface area is 121 Å². The smallest absolute Gasteiger partial charge is 0.0692 e. The highest BCUT2D eigenvalue weighted by molar-refractivity contribution is 4.70. The molecule has 0 aromatic carbocycles. The number of aliphatic hydroxyl groups is 1. The molecular formula is C17H37NO. The van der Waals surface area contributed by atoms with Crippen molar-refractivity contribution in [3.8, 4) is 0 Å². The second-order valence-corrected chi connectivity index (χ2v) is 6.24. The van der Waals surface area contributed by atoms with Gasteiger partial charge in [0.25, 0.3) is 0 Å². The van der Waals surface area contributed by atoms with Crippen LogP contribution in [0.4, 0.5) is 0 Å². The standard InChI is InChI=1S/C17H37NO/c1-5-6-7-8-9-10-11-12-13-14-15-17(19)16(2)18(3)4/h16-17,19H,5-15H2,1-4H3. The maximum atomic E-state index is 9.97. The predicted octanol–water partition coefficient (Wildman–Crippen LogP) is 4.61. The number of hydrogen-bond donors (Lipinski definition) is 1. The predicted molar refractivity (Wildman–Crippen MR) is 85.6 cm³/mol. The van der Waals surface area contributed by atoms with E-state index in [4.69, 9.17) is 0 Å². The molecule has 116 valence electrons. The molecule has 0 aromatic heterocycles. The lowest BCUT2D eigenvalue weighted by Crippen LogP contribution is -2.36. The van der Waals surface area contributed by atoms with Crippen molar-refractivity contribution in [3.05, 3.63) is 0 Å². The molecule has 0 spiro atoms. The molecule has 2 atom stereocenters. The van der Waals surface area contributed by atoms with Gasteiger partial charge in [0.15, 0.2) is 0 Å². The molecule has 0 radical (unpaired) electrons. The summed E-state index contributed by atoms with van der Waals surface area (Å²) in [4.78, 5) is 2.10. The topological polar surface area (TPSA) is 23.5 Å². The monoisotopic (exact) mass is 271 g/mol. The number of nitrogens with zero attached hydrogens (tertiary/aromatic N) is 1. The van der Waals surface area contributed by atoms with Gasteiger partial charge in [-0.2, -0.15) is 0 Å². The van der Waals surface area contributed by atoms with Gasteiger partial charge in [0.1, 0.15) is 0 Å². The summed E-state index contributed by atoms with van der Waals surface area (Å²) in [5.41, 5.74) is 0. The summed E-state index contributed by atoms with van der Waals surface area (Å²) in [6.45, 7) is 4.37. The van der Waals surface area contributed by atoms with Crippen LogP contribution in [0.25, 0.3) is 0 Å². The summed E-state index contributed by atoms with van der Waals surface area (Å²) in [7, 11) is 4.07. The van der Waals surface area contributed by atoms with Crippen LogP contribution in [0.3, 0.4) is 0 Å². The first kappa shape index (κ1) is 18.9. The zero-order valence-electron chi connectivity index (χ0n) is 13.8. The molecule has 19 heavy (non-hydrogen) atoms. The van der Waals surface area contributed by atoms with Crippen LogP contribution in [0.2, 0.25) is 0 Å². The molecule has 0 aliphatic carbocycles. The van der Waals surface area contributed by atoms with Crippen LogP contribution in [0.15, 0.2) is 0 Å². The van der Waals surface area contributed by atoms with E-state index >= 15 is 0 Å². The molecule has 0 aliphatic rings. The first-order valence-electron chi connectivity index (χ1n) is 8.44. The second-order valence-electron chi connectivity index (χ2n) is 6.24. The molecule has 0 aromatic rings. The van der Waals surface area contributed by atoms with E-state index in [1.165, 1.54) is 64.2 Å². The van der Waals surface area contributed by atoms with Gasteiger partial charge in [-0.05, 0) is 27.4 Å². The Morgan fingerprint density at radius 3 is 1.63 bits per heavy atom. The normalized spacial score (nSPS) is 14.8. The van der Waals surface area contributed by atoms with E-state index in [-0.39, 0.29) is 12.1 Å². The Hall–Kier alpha value is -0.0800. The van der Waals surface area contributed by atoms with Crippen LogP contribution in [0.5, 0.6) is 0 Å². The third kappa shape index (κ3) is 11.4. The average molecular weight is 271 g/mol. The van der Waals surface area contributed by atoms with E-state index in [1.54, 1.807) is 0 Å². The minimum Gasteiger partial charge on any atom is -0.392 e. The molecule has 0 heterocycles. The zero-order valence-corrected chi connectivity index (χ0v) is 13.8. The molecule has 2 nitrogen and oxygen atoms in total. The lowest BCUT2D eigenvalue weighted by atomic mass is 10.0. The van der Waals surface area contributed by atoms with Crippen molar-refractivity contribution in [3.63, 3.8) is 0 Å². The Bertz CT molecular complexity index is 182. The van der Waals surface area contributed by atoms with Crippen LogP contribution in [-0.4, -0.2) is 36.2 Å². The summed E-state index contributed by atoms with van der Waals surface area (Å²) in [6, 6.07) is 0.276. The molecule has 0 bridgehead atoms. The van der Waals surface area contributed by atoms with Gasteiger partial charge >= 0.3 is 0 Å². The maximum Gasteiger partial charge on any atom is 0.0692 e. The van der Waals surface area contributed by atoms with E-state index < -0.39 is 0 Å². The van der Waals surface area contributed by atoms with E-state index in [2.05, 4.69) is 18.7 Å². The zero-order chi connectivity index (χ0) is 14.5. The Morgan fingerprint density at radius 1 is 0.789 bits per heavy atom. The first-order valence-corrected chi connectivity index (χ1v) is 8.44. The summed E-state index contributed by atoms with van der Waals surface area (Å²) < 4.78 is 0. The molecule has 0 saturated heterocycles. The quantitative estimate of drug-likeness (QED) is 0.495. The highest BCUT2D eigenvalue weighted by atomic mass is 16.3. The number of aliphatic hydroxyl groups excluding tert-OH is 1. The minimum absolute atomic E-state index is 0.163. The van der Waals surface area contributed by atoms with E-state index in [0.29, 0.717) is 0 Å². The van der Waals surface area contributed by atoms with Crippen LogP contribution < -0.4 is 0 Å². The lowest BCUT2D eigenvalue weighted by Gasteiger charge is -2.25. The van der Waals surface area contributed by atoms with E-state index in [1.807, 2.05) is 14.1 Å². The largest absolute Gasteiger partial charge is 0.392 e. The van der Waals surface area contributed by atoms with Gasteiger partial charge in [-0.3, -0.25) is 0 Å². The van der Waals surface area contributed by atoms with Gasteiger partial charge in [-0.25, -0.2) is 0 Å². The van der Waals surface area contributed by atoms with Crippen molar-refractivity contribution in [1.29, 1.82) is 0 Å². The van der Waals surface area contributed by atoms with Crippen molar-refractivity contribution in [2.24, 2.45) is 0 Å². The van der Waals surface area contributed by atoms with Crippen molar-refractivity contribution in [1.82, 2.24) is 4.90 Å². The molecule has 1 N–H and O–H groups in total. The fourth-order valence-corrected chi connectivity index (χ4v) is 2.43. The maximum absolute atomic E-state index is 9.97. The second kappa shape index (κ2) is 12.9. The van der Waals surface area contributed by atoms with Gasteiger partial charge in [0.05, 0.1) is 6.10 Å². The van der Waals surface area contributed by atoms with Gasteiger partial charge in [0.2, 0.25) is 0 Å². The Balaban J connectivity index is 3.22. The molecule has 2 unspecified atom stereocenters. The lowest BCUT2D eigenvalue weighted by molar-refractivity contribution is 0.0764. The molecule has 0 rings (SSSR count). The summed E-state index contributed by atoms with van der Waals surface area (Å²) in [5.74, 6) is 0. The molecule has 0 fully saturated rings. The van der Waals surface area contributed by atoms with Gasteiger partial charge in [-0.1, -0.05) is 71.1 Å². The Kier molecular flexibility index (Phi) is 12.9. The fourth-order valence-electron chi connectivity index (χ4n) is 2.43. The third-order valence-electron chi connectivity index (χ3n) is 4.22. The summed E-state index contributed by atoms with van der Waals surface area (Å²) in [5, 5.41) is 9.97. The van der Waals surface area contributed by atoms with Crippen LogP contribution in [0, 0.1) is 0 Å². The summed E-state index contributed by atoms with van der Waals surface area (Å²) >= 11 is 0. The molecule has 2 heteroatoms. The van der Waals surface area contributed by atoms with Crippen molar-refractivity contribution >= 4 is 0 Å². The van der Waals surface area contributed by atoms with Crippen molar-refractivity contribution in [2.45, 2.75) is 96.6 Å². The Morgan fingerprint density at radius 2 is 1.21 bits per heavy atom. The summed E-state index contributed by atoms with van der Waals surface area (Å²) in [6.07, 6.45) is 14.4. The van der Waals surface area contributed by atoms with Crippen molar-refractivity contribution in [2.75, 3.05) is 14.1 Å². The van der Waals surface area contributed by atoms with Crippen LogP contribution in [-0.2, 0) is 0 Å². The van der Waals surface area contributed by atoms with Crippen LogP contribution in [0.1, 0.15) is 84.5 Å². The number of rotatable bonds is 13. The third-order valence-corrected chi connectivity index (χ3v) is 4.22. The first-order chi connectivity index (χ1) is 9.09. The van der Waals surface area contributed by atoms with Crippen molar-refractivity contribution < 1.29 is 5.11 Å². The molecule has 0 amide bonds. The minimum atomic E-state index is -0.163. The molecule has 0 aliphatic heterocycles. The molecular weight excluding hydrogens is 234 g/mol. The van der Waals surface area contributed by atoms with Gasteiger partial charge in [-0.15, -0.1) is 0 Å². The average Bonchev–Trinajstić information content (AvgIpc) is 2.39. The molecule has 0 saturated carbocycles. The van der Waals surface area contributed by atoms with Gasteiger partial charge < -0.3 is 10.0 Å². The van der Waals surface area contributed by atoms with Gasteiger partial charge in [0, 0.05) is 6.04 Å². The van der Waals surface area contributed by atoms with E-state index in [0.717, 1.165) is 6.42 Å². The number of hydrogen-bond acceptors (Lipinski definition) is 2. The van der Waals surface area contributed by atoms with Crippen LogP contribution >= 0.6 is 0 Å². The number of unbranched alkanes of at least 4 members (excludes halogenated alkanes) is 9. The highest BCUT2D eigenvalue weighted by Crippen LogP contribution is 2.13.